The van der Waals surface area contributed by atoms with E-state index in [0.29, 0.717) is 21.3 Å². The van der Waals surface area contributed by atoms with Crippen LogP contribution in [0.15, 0.2) is 62.8 Å². The van der Waals surface area contributed by atoms with E-state index in [-0.39, 0.29) is 29.8 Å². The minimum Gasteiger partial charge on any atom is -0.497 e. The molecule has 0 N–H and O–H groups in total. The Morgan fingerprint density at radius 1 is 1.03 bits per heavy atom. The number of thiazole rings is 1. The first-order valence-electron chi connectivity index (χ1n) is 11.2. The van der Waals surface area contributed by atoms with Crippen molar-refractivity contribution in [2.75, 3.05) is 18.6 Å². The van der Waals surface area contributed by atoms with Crippen LogP contribution in [0.25, 0.3) is 0 Å². The Bertz CT molecular complexity index is 1400. The number of carbonyl (C=O) groups excluding carboxylic acids is 3. The molecule has 0 aliphatic carbocycles. The Hall–Kier alpha value is -2.89. The third-order valence-corrected chi connectivity index (χ3v) is 9.33. The molecule has 3 atom stereocenters. The maximum absolute atomic E-state index is 13.8. The molecule has 5 rings (SSSR count). The van der Waals surface area contributed by atoms with Gasteiger partial charge in [-0.2, -0.15) is 0 Å². The number of thioether (sulfide) groups is 1. The van der Waals surface area contributed by atoms with Crippen molar-refractivity contribution in [3.63, 3.8) is 0 Å². The average molecular weight is 589 g/mol. The van der Waals surface area contributed by atoms with E-state index in [1.165, 1.54) is 21.2 Å². The number of nitrogens with zero attached hydrogens (tertiary/aromatic N) is 2. The zero-order chi connectivity index (χ0) is 25.6. The van der Waals surface area contributed by atoms with Gasteiger partial charge in [0.15, 0.2) is 0 Å². The molecular weight excluding hydrogens is 568 g/mol. The Morgan fingerprint density at radius 3 is 2.36 bits per heavy atom. The van der Waals surface area contributed by atoms with Crippen molar-refractivity contribution in [1.29, 1.82) is 0 Å². The zero-order valence-corrected chi connectivity index (χ0v) is 22.5. The van der Waals surface area contributed by atoms with Crippen LogP contribution in [-0.4, -0.2) is 41.3 Å². The van der Waals surface area contributed by atoms with Crippen molar-refractivity contribution >= 4 is 62.5 Å². The molecule has 2 amide bonds. The highest BCUT2D eigenvalue weighted by Crippen LogP contribution is 2.54. The summed E-state index contributed by atoms with van der Waals surface area (Å²) >= 11 is 5.56. The van der Waals surface area contributed by atoms with E-state index in [2.05, 4.69) is 15.9 Å². The number of rotatable bonds is 6. The summed E-state index contributed by atoms with van der Waals surface area (Å²) in [4.78, 5) is 54.2. The smallest absolute Gasteiger partial charge is 0.326 e. The summed E-state index contributed by atoms with van der Waals surface area (Å²) < 4.78 is 12.5. The largest absolute Gasteiger partial charge is 0.497 e. The first kappa shape index (κ1) is 24.8. The molecule has 2 aliphatic rings. The monoisotopic (exact) mass is 588 g/mol. The highest BCUT2D eigenvalue weighted by Gasteiger charge is 2.56. The summed E-state index contributed by atoms with van der Waals surface area (Å²) in [7, 11) is 1.57. The van der Waals surface area contributed by atoms with Gasteiger partial charge in [-0.3, -0.25) is 23.7 Å². The number of esters is 1. The Labute approximate surface area is 223 Å². The lowest BCUT2D eigenvalue weighted by molar-refractivity contribution is -0.144. The summed E-state index contributed by atoms with van der Waals surface area (Å²) in [6.07, 6.45) is 0. The van der Waals surface area contributed by atoms with Crippen LogP contribution in [0.4, 0.5) is 5.69 Å². The molecule has 8 nitrogen and oxygen atoms in total. The van der Waals surface area contributed by atoms with Crippen LogP contribution in [0.3, 0.4) is 0 Å². The van der Waals surface area contributed by atoms with Crippen molar-refractivity contribution in [2.24, 2.45) is 5.92 Å². The molecule has 2 aromatic carbocycles. The van der Waals surface area contributed by atoms with Crippen LogP contribution in [-0.2, 0) is 25.7 Å². The minimum atomic E-state index is -0.747. The molecule has 0 radical (unpaired) electrons. The SMILES string of the molecule is CCOC(=O)Cn1c2c(sc1=O)[C@@H](c1ccc(OC)cc1)[C@@H]1C(=O)N(c3ccc(Br)cc3)C(=O)[C@@H]1S2. The number of hydrogen-bond donors (Lipinski definition) is 0. The fraction of sp³-hybridized carbons (Fsp3) is 0.280. The fourth-order valence-corrected chi connectivity index (χ4v) is 7.64. The van der Waals surface area contributed by atoms with Gasteiger partial charge in [0.2, 0.25) is 11.8 Å². The van der Waals surface area contributed by atoms with Crippen molar-refractivity contribution in [3.8, 4) is 5.75 Å². The second-order valence-electron chi connectivity index (χ2n) is 8.23. The van der Waals surface area contributed by atoms with Gasteiger partial charge in [-0.1, -0.05) is 51.2 Å². The van der Waals surface area contributed by atoms with Crippen molar-refractivity contribution < 1.29 is 23.9 Å². The highest BCUT2D eigenvalue weighted by molar-refractivity contribution is 9.10. The standard InChI is InChI=1S/C25H21BrN2O6S2/c1-3-34-17(29)12-27-24-21(36-25(27)32)18(13-4-10-16(33-2)11-5-13)19-20(35-24)23(31)28(22(19)30)15-8-6-14(26)7-9-15/h4-11,18-20H,3,12H2,1-2H3/t18-,19-,20+/m0/s1. The van der Waals surface area contributed by atoms with Gasteiger partial charge >= 0.3 is 10.8 Å². The molecule has 186 valence electrons. The third kappa shape index (κ3) is 4.18. The quantitative estimate of drug-likeness (QED) is 0.317. The molecule has 1 saturated heterocycles. The lowest BCUT2D eigenvalue weighted by atomic mass is 9.83. The summed E-state index contributed by atoms with van der Waals surface area (Å²) in [6, 6.07) is 14.3. The molecule has 0 spiro atoms. The number of amides is 2. The number of fused-ring (bicyclic) bond motifs is 2. The van der Waals surface area contributed by atoms with E-state index in [1.54, 1.807) is 50.4 Å². The minimum absolute atomic E-state index is 0.196. The molecule has 3 aromatic rings. The van der Waals surface area contributed by atoms with Crippen LogP contribution >= 0.6 is 39.0 Å². The van der Waals surface area contributed by atoms with Gasteiger partial charge in [0.25, 0.3) is 0 Å². The Morgan fingerprint density at radius 2 is 1.72 bits per heavy atom. The van der Waals surface area contributed by atoms with Crippen LogP contribution in [0.1, 0.15) is 23.3 Å². The number of carbonyl (C=O) groups is 3. The topological polar surface area (TPSA) is 94.9 Å². The molecular formula is C25H21BrN2O6S2. The number of ether oxygens (including phenoxy) is 2. The first-order valence-corrected chi connectivity index (χ1v) is 13.7. The van der Waals surface area contributed by atoms with Crippen molar-refractivity contribution in [3.05, 3.63) is 73.1 Å². The highest BCUT2D eigenvalue weighted by atomic mass is 79.9. The van der Waals surface area contributed by atoms with Crippen molar-refractivity contribution in [1.82, 2.24) is 4.57 Å². The van der Waals surface area contributed by atoms with Gasteiger partial charge in [0.05, 0.1) is 30.3 Å². The molecule has 0 unspecified atom stereocenters. The van der Waals surface area contributed by atoms with E-state index in [1.807, 2.05) is 12.1 Å². The number of halogens is 1. The summed E-state index contributed by atoms with van der Waals surface area (Å²) in [6.45, 7) is 1.64. The molecule has 2 aliphatic heterocycles. The lowest BCUT2D eigenvalue weighted by Gasteiger charge is -2.30. The molecule has 1 fully saturated rings. The maximum Gasteiger partial charge on any atom is 0.326 e. The normalized spacial score (nSPS) is 20.8. The molecule has 0 saturated carbocycles. The van der Waals surface area contributed by atoms with Crippen molar-refractivity contribution in [2.45, 2.75) is 29.7 Å². The molecule has 11 heteroatoms. The summed E-state index contributed by atoms with van der Waals surface area (Å²) in [5.41, 5.74) is 1.28. The van der Waals surface area contributed by atoms with E-state index in [9.17, 15) is 19.2 Å². The maximum atomic E-state index is 13.8. The number of anilines is 1. The molecule has 0 bridgehead atoms. The number of methoxy groups -OCH3 is 1. The summed E-state index contributed by atoms with van der Waals surface area (Å²) in [5.74, 6) is -1.78. The van der Waals surface area contributed by atoms with Gasteiger partial charge in [-0.25, -0.2) is 4.90 Å². The third-order valence-electron chi connectivity index (χ3n) is 6.20. The van der Waals surface area contributed by atoms with Crippen LogP contribution < -0.4 is 14.5 Å². The second-order valence-corrected chi connectivity index (χ2v) is 11.3. The molecule has 36 heavy (non-hydrogen) atoms. The Balaban J connectivity index is 1.63. The van der Waals surface area contributed by atoms with Gasteiger partial charge in [-0.15, -0.1) is 0 Å². The second kappa shape index (κ2) is 9.87. The molecule has 1 aromatic heterocycles. The van der Waals surface area contributed by atoms with E-state index in [0.717, 1.165) is 21.4 Å². The first-order chi connectivity index (χ1) is 17.3. The average Bonchev–Trinajstić information content (AvgIpc) is 3.31. The zero-order valence-electron chi connectivity index (χ0n) is 19.3. The van der Waals surface area contributed by atoms with Gasteiger partial charge in [0.1, 0.15) is 17.5 Å². The van der Waals surface area contributed by atoms with Crippen LogP contribution in [0.5, 0.6) is 5.75 Å². The van der Waals surface area contributed by atoms with E-state index in [4.69, 9.17) is 9.47 Å². The Kier molecular flexibility index (Phi) is 6.80. The van der Waals surface area contributed by atoms with Gasteiger partial charge in [-0.05, 0) is 48.9 Å². The van der Waals surface area contributed by atoms with Gasteiger partial charge in [0, 0.05) is 15.3 Å². The number of hydrogen-bond acceptors (Lipinski definition) is 8. The fourth-order valence-electron chi connectivity index (χ4n) is 4.61. The van der Waals surface area contributed by atoms with Gasteiger partial charge < -0.3 is 9.47 Å². The van der Waals surface area contributed by atoms with E-state index >= 15 is 0 Å². The molecule has 3 heterocycles. The predicted octanol–water partition coefficient (Wildman–Crippen LogP) is 4.04. The van der Waals surface area contributed by atoms with Crippen LogP contribution in [0.2, 0.25) is 0 Å². The van der Waals surface area contributed by atoms with E-state index < -0.39 is 23.1 Å². The predicted molar refractivity (Wildman–Crippen MR) is 140 cm³/mol. The number of aromatic nitrogens is 1. The summed E-state index contributed by atoms with van der Waals surface area (Å²) in [5, 5.41) is -0.220. The number of imide groups is 1. The van der Waals surface area contributed by atoms with Crippen LogP contribution in [0, 0.1) is 5.92 Å². The lowest BCUT2D eigenvalue weighted by Crippen LogP contribution is -2.32. The number of benzene rings is 2.